The normalized spacial score (nSPS) is 11.9. The first-order valence-electron chi connectivity index (χ1n) is 8.74. The Morgan fingerprint density at radius 3 is 2.70 bits per heavy atom. The predicted molar refractivity (Wildman–Crippen MR) is 107 cm³/mol. The van der Waals surface area contributed by atoms with Gasteiger partial charge in [-0.15, -0.1) is 0 Å². The summed E-state index contributed by atoms with van der Waals surface area (Å²) in [5.41, 5.74) is 8.72. The number of hydrogen-bond acceptors (Lipinski definition) is 5. The summed E-state index contributed by atoms with van der Waals surface area (Å²) in [6.07, 6.45) is 7.05. The Hall–Kier alpha value is -3.67. The number of anilines is 2. The van der Waals surface area contributed by atoms with E-state index >= 15 is 0 Å². The van der Waals surface area contributed by atoms with E-state index in [1.807, 2.05) is 53.2 Å². The number of rotatable bonds is 5. The van der Waals surface area contributed by atoms with Crippen molar-refractivity contribution in [1.82, 2.24) is 19.5 Å². The molecule has 6 heteroatoms. The maximum Gasteiger partial charge on any atom is 0.159 e. The second-order valence-electron chi connectivity index (χ2n) is 6.29. The van der Waals surface area contributed by atoms with Gasteiger partial charge in [-0.1, -0.05) is 42.5 Å². The standard InChI is InChI=1S/C21H20N6/c1-15(16-6-3-2-4-7-16)25-19-13-23-14-20(26-19)27-11-10-24-21(27)17-8-5-9-18(22)12-17/h2-15H,22H2,1H3,(H,25,26). The van der Waals surface area contributed by atoms with Crippen molar-refractivity contribution < 1.29 is 0 Å². The maximum absolute atomic E-state index is 5.91. The van der Waals surface area contributed by atoms with Gasteiger partial charge in [-0.25, -0.2) is 9.97 Å². The van der Waals surface area contributed by atoms with Crippen LogP contribution in [0.15, 0.2) is 79.4 Å². The first kappa shape index (κ1) is 16.8. The van der Waals surface area contributed by atoms with E-state index in [2.05, 4.69) is 34.3 Å². The largest absolute Gasteiger partial charge is 0.399 e. The van der Waals surface area contributed by atoms with Crippen LogP contribution in [0.4, 0.5) is 11.5 Å². The van der Waals surface area contributed by atoms with Gasteiger partial charge in [0.15, 0.2) is 5.82 Å². The van der Waals surface area contributed by atoms with Crippen LogP contribution in [0.5, 0.6) is 0 Å². The average molecular weight is 356 g/mol. The third-order valence-electron chi connectivity index (χ3n) is 4.32. The number of nitrogens with zero attached hydrogens (tertiary/aromatic N) is 4. The molecule has 0 aliphatic rings. The van der Waals surface area contributed by atoms with Crippen LogP contribution in [0.3, 0.4) is 0 Å². The lowest BCUT2D eigenvalue weighted by Gasteiger charge is -2.15. The summed E-state index contributed by atoms with van der Waals surface area (Å²) < 4.78 is 1.90. The number of benzene rings is 2. The number of nitrogen functional groups attached to an aromatic ring is 1. The number of imidazole rings is 1. The van der Waals surface area contributed by atoms with Crippen LogP contribution in [-0.2, 0) is 0 Å². The van der Waals surface area contributed by atoms with E-state index < -0.39 is 0 Å². The molecule has 1 unspecified atom stereocenters. The molecule has 0 radical (unpaired) electrons. The van der Waals surface area contributed by atoms with Crippen LogP contribution in [0.1, 0.15) is 18.5 Å². The van der Waals surface area contributed by atoms with Crippen molar-refractivity contribution in [3.63, 3.8) is 0 Å². The molecule has 0 amide bonds. The molecule has 0 spiro atoms. The van der Waals surface area contributed by atoms with Gasteiger partial charge in [0.2, 0.25) is 0 Å². The van der Waals surface area contributed by atoms with Gasteiger partial charge in [-0.2, -0.15) is 0 Å². The summed E-state index contributed by atoms with van der Waals surface area (Å²) in [5.74, 6) is 2.16. The van der Waals surface area contributed by atoms with E-state index in [1.54, 1.807) is 18.6 Å². The quantitative estimate of drug-likeness (QED) is 0.527. The van der Waals surface area contributed by atoms with Crippen LogP contribution in [0.25, 0.3) is 17.2 Å². The van der Waals surface area contributed by atoms with Gasteiger partial charge in [0.1, 0.15) is 11.6 Å². The van der Waals surface area contributed by atoms with Crippen molar-refractivity contribution in [3.8, 4) is 17.2 Å². The van der Waals surface area contributed by atoms with Gasteiger partial charge in [0.05, 0.1) is 12.4 Å². The van der Waals surface area contributed by atoms with Crippen molar-refractivity contribution in [1.29, 1.82) is 0 Å². The zero-order valence-corrected chi connectivity index (χ0v) is 14.9. The highest BCUT2D eigenvalue weighted by Crippen LogP contribution is 2.23. The average Bonchev–Trinajstić information content (AvgIpc) is 3.19. The molecule has 2 aromatic carbocycles. The topological polar surface area (TPSA) is 81.7 Å². The van der Waals surface area contributed by atoms with E-state index in [1.165, 1.54) is 5.56 Å². The van der Waals surface area contributed by atoms with Gasteiger partial charge in [0.25, 0.3) is 0 Å². The lowest BCUT2D eigenvalue weighted by atomic mass is 10.1. The Morgan fingerprint density at radius 1 is 1.04 bits per heavy atom. The van der Waals surface area contributed by atoms with Gasteiger partial charge < -0.3 is 11.1 Å². The van der Waals surface area contributed by atoms with Gasteiger partial charge in [0, 0.05) is 29.7 Å². The van der Waals surface area contributed by atoms with E-state index in [0.717, 1.165) is 11.4 Å². The molecule has 0 bridgehead atoms. The minimum absolute atomic E-state index is 0.118. The molecule has 27 heavy (non-hydrogen) atoms. The van der Waals surface area contributed by atoms with Gasteiger partial charge in [-0.05, 0) is 24.6 Å². The third kappa shape index (κ3) is 3.64. The van der Waals surface area contributed by atoms with E-state index in [-0.39, 0.29) is 6.04 Å². The summed E-state index contributed by atoms with van der Waals surface area (Å²) in [4.78, 5) is 13.5. The molecule has 0 aliphatic carbocycles. The number of nitrogens with two attached hydrogens (primary N) is 1. The summed E-state index contributed by atoms with van der Waals surface area (Å²) in [5, 5.41) is 3.40. The Balaban J connectivity index is 1.63. The van der Waals surface area contributed by atoms with Crippen molar-refractivity contribution in [2.75, 3.05) is 11.1 Å². The van der Waals surface area contributed by atoms with Gasteiger partial charge >= 0.3 is 0 Å². The monoisotopic (exact) mass is 356 g/mol. The first-order chi connectivity index (χ1) is 13.2. The van der Waals surface area contributed by atoms with Crippen molar-refractivity contribution in [2.45, 2.75) is 13.0 Å². The molecular weight excluding hydrogens is 336 g/mol. The van der Waals surface area contributed by atoms with Crippen molar-refractivity contribution >= 4 is 11.5 Å². The zero-order valence-electron chi connectivity index (χ0n) is 14.9. The Kier molecular flexibility index (Phi) is 4.53. The second-order valence-corrected chi connectivity index (χ2v) is 6.29. The van der Waals surface area contributed by atoms with Gasteiger partial charge in [-0.3, -0.25) is 9.55 Å². The fraction of sp³-hybridized carbons (Fsp3) is 0.0952. The summed E-state index contributed by atoms with van der Waals surface area (Å²) in [6.45, 7) is 2.10. The molecule has 4 rings (SSSR count). The predicted octanol–water partition coefficient (Wildman–Crippen LogP) is 4.08. The lowest BCUT2D eigenvalue weighted by Crippen LogP contribution is -2.10. The highest BCUT2D eigenvalue weighted by molar-refractivity contribution is 5.63. The smallest absolute Gasteiger partial charge is 0.159 e. The SMILES string of the molecule is CC(Nc1cncc(-n2ccnc2-c2cccc(N)c2)n1)c1ccccc1. The molecule has 0 saturated carbocycles. The number of hydrogen-bond donors (Lipinski definition) is 2. The zero-order chi connectivity index (χ0) is 18.6. The van der Waals surface area contributed by atoms with Crippen LogP contribution in [0, 0.1) is 0 Å². The fourth-order valence-electron chi connectivity index (χ4n) is 2.97. The second kappa shape index (κ2) is 7.29. The molecule has 6 nitrogen and oxygen atoms in total. The Morgan fingerprint density at radius 2 is 1.89 bits per heavy atom. The third-order valence-corrected chi connectivity index (χ3v) is 4.32. The molecule has 0 fully saturated rings. The molecule has 2 aromatic heterocycles. The minimum atomic E-state index is 0.118. The number of nitrogens with one attached hydrogen (secondary N) is 1. The molecule has 3 N–H and O–H groups in total. The molecule has 0 aliphatic heterocycles. The van der Waals surface area contributed by atoms with E-state index in [4.69, 9.17) is 10.7 Å². The van der Waals surface area contributed by atoms with Crippen LogP contribution in [0.2, 0.25) is 0 Å². The Bertz CT molecular complexity index is 1040. The fourth-order valence-corrected chi connectivity index (χ4v) is 2.97. The maximum atomic E-state index is 5.91. The molecule has 4 aromatic rings. The molecule has 2 heterocycles. The van der Waals surface area contributed by atoms with Crippen LogP contribution in [-0.4, -0.2) is 19.5 Å². The van der Waals surface area contributed by atoms with Crippen molar-refractivity contribution in [2.24, 2.45) is 0 Å². The summed E-state index contributed by atoms with van der Waals surface area (Å²) >= 11 is 0. The highest BCUT2D eigenvalue weighted by atomic mass is 15.2. The molecule has 0 saturated heterocycles. The summed E-state index contributed by atoms with van der Waals surface area (Å²) in [6, 6.07) is 18.0. The highest BCUT2D eigenvalue weighted by Gasteiger charge is 2.11. The molecular formula is C21H20N6. The van der Waals surface area contributed by atoms with E-state index in [0.29, 0.717) is 17.3 Å². The Labute approximate surface area is 157 Å². The molecule has 1 atom stereocenters. The van der Waals surface area contributed by atoms with E-state index in [9.17, 15) is 0 Å². The lowest BCUT2D eigenvalue weighted by molar-refractivity contribution is 0.864. The first-order valence-corrected chi connectivity index (χ1v) is 8.74. The minimum Gasteiger partial charge on any atom is -0.399 e. The number of aromatic nitrogens is 4. The summed E-state index contributed by atoms with van der Waals surface area (Å²) in [7, 11) is 0. The van der Waals surface area contributed by atoms with Crippen LogP contribution < -0.4 is 11.1 Å². The molecule has 134 valence electrons. The van der Waals surface area contributed by atoms with Crippen molar-refractivity contribution in [3.05, 3.63) is 84.9 Å². The van der Waals surface area contributed by atoms with Crippen LogP contribution >= 0.6 is 0 Å².